The summed E-state index contributed by atoms with van der Waals surface area (Å²) in [5.74, 6) is 0.657. The fourth-order valence-corrected chi connectivity index (χ4v) is 3.95. The zero-order chi connectivity index (χ0) is 17.4. The van der Waals surface area contributed by atoms with E-state index in [9.17, 15) is 5.26 Å². The minimum Gasteiger partial charge on any atom is -0.495 e. The van der Waals surface area contributed by atoms with E-state index in [1.165, 1.54) is 27.8 Å². The largest absolute Gasteiger partial charge is 0.495 e. The lowest BCUT2D eigenvalue weighted by molar-refractivity contribution is 0.415. The van der Waals surface area contributed by atoms with Gasteiger partial charge in [-0.05, 0) is 52.3 Å². The third kappa shape index (κ3) is 2.32. The van der Waals surface area contributed by atoms with Gasteiger partial charge >= 0.3 is 0 Å². The van der Waals surface area contributed by atoms with Gasteiger partial charge in [-0.1, -0.05) is 55.5 Å². The topological polar surface area (TPSA) is 33.0 Å². The van der Waals surface area contributed by atoms with Gasteiger partial charge in [0.15, 0.2) is 0 Å². The van der Waals surface area contributed by atoms with Crippen LogP contribution in [-0.4, -0.2) is 7.11 Å². The van der Waals surface area contributed by atoms with Crippen molar-refractivity contribution in [2.24, 2.45) is 0 Å². The number of nitriles is 1. The molecule has 0 spiro atoms. The van der Waals surface area contributed by atoms with Gasteiger partial charge in [-0.25, -0.2) is 0 Å². The minimum atomic E-state index is 0.572. The van der Waals surface area contributed by atoms with E-state index in [2.05, 4.69) is 49.4 Å². The summed E-state index contributed by atoms with van der Waals surface area (Å²) >= 11 is 0. The van der Waals surface area contributed by atoms with Crippen LogP contribution in [0.15, 0.2) is 54.6 Å². The lowest BCUT2D eigenvalue weighted by Gasteiger charge is -2.14. The molecule has 2 heteroatoms. The number of hydrogen-bond acceptors (Lipinski definition) is 2. The van der Waals surface area contributed by atoms with Crippen molar-refractivity contribution in [2.75, 3.05) is 7.11 Å². The van der Waals surface area contributed by atoms with Crippen LogP contribution in [0.4, 0.5) is 0 Å². The number of para-hydroxylation sites is 1. The molecular weight excluding hydrogens is 306 g/mol. The quantitative estimate of drug-likeness (QED) is 0.507. The number of aryl methyl sites for hydroxylation is 1. The number of nitrogens with zero attached hydrogens (tertiary/aromatic N) is 1. The molecule has 0 amide bonds. The molecule has 0 aliphatic heterocycles. The Morgan fingerprint density at radius 1 is 0.960 bits per heavy atom. The maximum Gasteiger partial charge on any atom is 0.144 e. The molecule has 0 heterocycles. The Hall–Kier alpha value is -3.05. The normalized spacial score (nSPS) is 11.6. The van der Waals surface area contributed by atoms with E-state index in [4.69, 9.17) is 4.74 Å². The maximum absolute atomic E-state index is 9.39. The number of fused-ring (bicyclic) bond motifs is 3. The van der Waals surface area contributed by atoms with Gasteiger partial charge in [0.05, 0.1) is 12.7 Å². The third-order valence-electron chi connectivity index (χ3n) is 5.06. The van der Waals surface area contributed by atoms with E-state index < -0.39 is 0 Å². The van der Waals surface area contributed by atoms with Gasteiger partial charge in [0.25, 0.3) is 0 Å². The average Bonchev–Trinajstić information content (AvgIpc) is 3.06. The predicted molar refractivity (Wildman–Crippen MR) is 101 cm³/mol. The van der Waals surface area contributed by atoms with Crippen molar-refractivity contribution < 1.29 is 4.74 Å². The van der Waals surface area contributed by atoms with Crippen LogP contribution in [-0.2, 0) is 12.8 Å². The Kier molecular flexibility index (Phi) is 3.78. The summed E-state index contributed by atoms with van der Waals surface area (Å²) in [6.07, 6.45) is 1.95. The number of ether oxygens (including phenoxy) is 1. The lowest BCUT2D eigenvalue weighted by atomic mass is 9.93. The first-order chi connectivity index (χ1) is 12.3. The summed E-state index contributed by atoms with van der Waals surface area (Å²) in [6.45, 7) is 2.21. The van der Waals surface area contributed by atoms with Crippen LogP contribution < -0.4 is 4.74 Å². The van der Waals surface area contributed by atoms with E-state index in [1.54, 1.807) is 13.2 Å². The van der Waals surface area contributed by atoms with Crippen LogP contribution >= 0.6 is 0 Å². The van der Waals surface area contributed by atoms with E-state index in [1.807, 2.05) is 12.1 Å². The molecule has 3 aromatic carbocycles. The minimum absolute atomic E-state index is 0.572. The molecule has 0 saturated carbocycles. The number of rotatable bonds is 3. The molecule has 1 aliphatic carbocycles. The summed E-state index contributed by atoms with van der Waals surface area (Å²) in [7, 11) is 1.63. The Morgan fingerprint density at radius 3 is 2.44 bits per heavy atom. The first-order valence-electron chi connectivity index (χ1n) is 8.59. The van der Waals surface area contributed by atoms with Crippen LogP contribution in [0.1, 0.15) is 29.2 Å². The second-order valence-electron chi connectivity index (χ2n) is 6.31. The molecule has 0 fully saturated rings. The van der Waals surface area contributed by atoms with Crippen LogP contribution in [0.5, 0.6) is 5.75 Å². The third-order valence-corrected chi connectivity index (χ3v) is 5.06. The van der Waals surface area contributed by atoms with Gasteiger partial charge in [-0.3, -0.25) is 0 Å². The zero-order valence-corrected chi connectivity index (χ0v) is 14.5. The van der Waals surface area contributed by atoms with E-state index in [0.29, 0.717) is 11.3 Å². The molecule has 1 aliphatic rings. The molecule has 25 heavy (non-hydrogen) atoms. The highest BCUT2D eigenvalue weighted by Gasteiger charge is 2.24. The first kappa shape index (κ1) is 15.5. The SMILES string of the molecule is CCc1cccc2c1-c1cccc(-c3cccc(C#N)c3OC)c1C2. The van der Waals surface area contributed by atoms with Crippen LogP contribution in [0, 0.1) is 11.3 Å². The molecule has 122 valence electrons. The van der Waals surface area contributed by atoms with E-state index >= 15 is 0 Å². The van der Waals surface area contributed by atoms with Gasteiger partial charge in [0.2, 0.25) is 0 Å². The average molecular weight is 325 g/mol. The standard InChI is InChI=1S/C23H19NO/c1-3-15-7-4-8-16-13-21-18(10-6-11-19(21)22(15)16)20-12-5-9-17(14-24)23(20)25-2/h4-12H,3,13H2,1-2H3. The van der Waals surface area contributed by atoms with Gasteiger partial charge in [-0.15, -0.1) is 0 Å². The van der Waals surface area contributed by atoms with Crippen LogP contribution in [0.2, 0.25) is 0 Å². The van der Waals surface area contributed by atoms with E-state index in [-0.39, 0.29) is 0 Å². The predicted octanol–water partition coefficient (Wildman–Crippen LogP) is 5.37. The molecule has 0 unspecified atom stereocenters. The van der Waals surface area contributed by atoms with Gasteiger partial charge in [0.1, 0.15) is 11.8 Å². The number of hydrogen-bond donors (Lipinski definition) is 0. The van der Waals surface area contributed by atoms with Crippen molar-refractivity contribution in [3.63, 3.8) is 0 Å². The molecule has 0 saturated heterocycles. The highest BCUT2D eigenvalue weighted by Crippen LogP contribution is 2.45. The molecule has 0 radical (unpaired) electrons. The van der Waals surface area contributed by atoms with Crippen molar-refractivity contribution in [1.82, 2.24) is 0 Å². The van der Waals surface area contributed by atoms with Crippen LogP contribution in [0.25, 0.3) is 22.3 Å². The van der Waals surface area contributed by atoms with Crippen molar-refractivity contribution >= 4 is 0 Å². The Labute approximate surface area is 148 Å². The van der Waals surface area contributed by atoms with Crippen molar-refractivity contribution in [3.05, 3.63) is 76.9 Å². The zero-order valence-electron chi connectivity index (χ0n) is 14.5. The van der Waals surface area contributed by atoms with Crippen molar-refractivity contribution in [1.29, 1.82) is 5.26 Å². The Morgan fingerprint density at radius 2 is 1.68 bits per heavy atom. The molecule has 0 N–H and O–H groups in total. The van der Waals surface area contributed by atoms with Crippen molar-refractivity contribution in [2.45, 2.75) is 19.8 Å². The smallest absolute Gasteiger partial charge is 0.144 e. The molecule has 0 bridgehead atoms. The maximum atomic E-state index is 9.39. The second-order valence-corrected chi connectivity index (χ2v) is 6.31. The molecular formula is C23H19NO. The summed E-state index contributed by atoms with van der Waals surface area (Å²) in [4.78, 5) is 0. The molecule has 2 nitrogen and oxygen atoms in total. The summed E-state index contributed by atoms with van der Waals surface area (Å²) in [5, 5.41) is 9.39. The van der Waals surface area contributed by atoms with Crippen LogP contribution in [0.3, 0.4) is 0 Å². The highest BCUT2D eigenvalue weighted by molar-refractivity contribution is 5.88. The van der Waals surface area contributed by atoms with Gasteiger partial charge in [0, 0.05) is 5.56 Å². The number of methoxy groups -OCH3 is 1. The summed E-state index contributed by atoms with van der Waals surface area (Å²) in [6, 6.07) is 21.1. The van der Waals surface area contributed by atoms with Gasteiger partial charge in [-0.2, -0.15) is 5.26 Å². The second kappa shape index (κ2) is 6.11. The molecule has 0 atom stereocenters. The number of benzene rings is 3. The fourth-order valence-electron chi connectivity index (χ4n) is 3.95. The highest BCUT2D eigenvalue weighted by atomic mass is 16.5. The Balaban J connectivity index is 1.97. The first-order valence-corrected chi connectivity index (χ1v) is 8.59. The molecule has 0 aromatic heterocycles. The fraction of sp³-hybridized carbons (Fsp3) is 0.174. The van der Waals surface area contributed by atoms with E-state index in [0.717, 1.165) is 24.0 Å². The molecule has 3 aromatic rings. The monoisotopic (exact) mass is 325 g/mol. The van der Waals surface area contributed by atoms with Gasteiger partial charge < -0.3 is 4.74 Å². The summed E-state index contributed by atoms with van der Waals surface area (Å²) in [5.41, 5.74) is 9.53. The van der Waals surface area contributed by atoms with Crippen molar-refractivity contribution in [3.8, 4) is 34.1 Å². The molecule has 4 rings (SSSR count). The lowest BCUT2D eigenvalue weighted by Crippen LogP contribution is -1.94. The Bertz CT molecular complexity index is 1010. The summed E-state index contributed by atoms with van der Waals surface area (Å²) < 4.78 is 5.58.